The number of rotatable bonds is 6. The van der Waals surface area contributed by atoms with E-state index in [9.17, 15) is 14.7 Å². The molecule has 2 aromatic heterocycles. The molecule has 2 N–H and O–H groups in total. The van der Waals surface area contributed by atoms with Gasteiger partial charge >= 0.3 is 5.97 Å². The van der Waals surface area contributed by atoms with Gasteiger partial charge in [0.2, 0.25) is 5.91 Å². The summed E-state index contributed by atoms with van der Waals surface area (Å²) >= 11 is 0. The van der Waals surface area contributed by atoms with Gasteiger partial charge in [-0.05, 0) is 50.2 Å². The molecule has 2 aromatic carbocycles. The van der Waals surface area contributed by atoms with E-state index in [1.54, 1.807) is 18.2 Å². The maximum atomic E-state index is 13.1. The van der Waals surface area contributed by atoms with Crippen LogP contribution in [0.4, 0.5) is 11.5 Å². The van der Waals surface area contributed by atoms with Crippen molar-refractivity contribution >= 4 is 40.0 Å². The molecule has 0 atom stereocenters. The van der Waals surface area contributed by atoms with Gasteiger partial charge in [0.1, 0.15) is 0 Å². The predicted octanol–water partition coefficient (Wildman–Crippen LogP) is 4.60. The summed E-state index contributed by atoms with van der Waals surface area (Å²) in [5, 5.41) is 11.7. The summed E-state index contributed by atoms with van der Waals surface area (Å²) in [4.78, 5) is 41.9. The average molecular weight is 538 g/mol. The molecule has 40 heavy (non-hydrogen) atoms. The topological polar surface area (TPSA) is 111 Å². The van der Waals surface area contributed by atoms with Crippen LogP contribution in [0.15, 0.2) is 65.7 Å². The normalized spacial score (nSPS) is 15.8. The van der Waals surface area contributed by atoms with Crippen LogP contribution in [0.1, 0.15) is 46.4 Å². The number of fused-ring (bicyclic) bond motifs is 2. The van der Waals surface area contributed by atoms with Crippen molar-refractivity contribution in [1.82, 2.24) is 14.9 Å². The van der Waals surface area contributed by atoms with Gasteiger partial charge in [-0.15, -0.1) is 0 Å². The highest BCUT2D eigenvalue weighted by atomic mass is 16.5. The Morgan fingerprint density at radius 2 is 1.80 bits per heavy atom. The maximum Gasteiger partial charge on any atom is 0.337 e. The van der Waals surface area contributed by atoms with Gasteiger partial charge in [-0.1, -0.05) is 42.8 Å². The summed E-state index contributed by atoms with van der Waals surface area (Å²) in [6.45, 7) is 3.01. The van der Waals surface area contributed by atoms with Gasteiger partial charge < -0.3 is 19.7 Å². The molecule has 0 aliphatic carbocycles. The number of nitrogens with one attached hydrogen (secondary N) is 1. The van der Waals surface area contributed by atoms with E-state index >= 15 is 0 Å². The van der Waals surface area contributed by atoms with Crippen LogP contribution >= 0.6 is 0 Å². The number of hydrogen-bond acceptors (Lipinski definition) is 7. The van der Waals surface area contributed by atoms with Crippen LogP contribution in [0.5, 0.6) is 5.88 Å². The Labute approximate surface area is 232 Å². The smallest absolute Gasteiger partial charge is 0.337 e. The first-order valence-electron chi connectivity index (χ1n) is 13.6. The maximum absolute atomic E-state index is 13.1. The second-order valence-electron chi connectivity index (χ2n) is 10.2. The van der Waals surface area contributed by atoms with Crippen molar-refractivity contribution in [1.29, 1.82) is 0 Å². The number of hydrogen-bond donors (Lipinski definition) is 2. The van der Waals surface area contributed by atoms with Crippen molar-refractivity contribution in [3.05, 3.63) is 83.0 Å². The van der Waals surface area contributed by atoms with E-state index in [1.807, 2.05) is 47.4 Å². The third-order valence-electron chi connectivity index (χ3n) is 7.62. The largest absolute Gasteiger partial charge is 0.494 e. The number of ether oxygens (including phenoxy) is 1. The highest BCUT2D eigenvalue weighted by molar-refractivity contribution is 6.22. The zero-order valence-corrected chi connectivity index (χ0v) is 22.4. The summed E-state index contributed by atoms with van der Waals surface area (Å²) in [7, 11) is 1.33. The van der Waals surface area contributed by atoms with Crippen molar-refractivity contribution in [2.24, 2.45) is 4.99 Å². The number of anilines is 1. The molecule has 0 bridgehead atoms. The molecule has 2 aliphatic rings. The predicted molar refractivity (Wildman–Crippen MR) is 154 cm³/mol. The van der Waals surface area contributed by atoms with Crippen LogP contribution in [0.25, 0.3) is 10.9 Å². The van der Waals surface area contributed by atoms with E-state index in [1.165, 1.54) is 13.5 Å². The Balaban J connectivity index is 1.36. The highest BCUT2D eigenvalue weighted by Crippen LogP contribution is 2.33. The van der Waals surface area contributed by atoms with E-state index in [2.05, 4.69) is 9.88 Å². The molecule has 0 radical (unpaired) electrons. The molecule has 2 aliphatic heterocycles. The number of esters is 1. The molecule has 6 rings (SSSR count). The lowest BCUT2D eigenvalue weighted by molar-refractivity contribution is -0.119. The fraction of sp³-hybridized carbons (Fsp3) is 0.290. The molecule has 1 amide bonds. The van der Waals surface area contributed by atoms with E-state index in [4.69, 9.17) is 14.7 Å². The Kier molecular flexibility index (Phi) is 7.04. The molecular formula is C31H31N5O4. The minimum absolute atomic E-state index is 0.0599. The number of aliphatic imine (C=N–C) groups is 1. The zero-order chi connectivity index (χ0) is 27.6. The number of likely N-dealkylation sites (tertiary alicyclic amines) is 1. The van der Waals surface area contributed by atoms with Crippen LogP contribution < -0.4 is 4.90 Å². The molecule has 0 spiro atoms. The number of H-pyrrole nitrogens is 1. The van der Waals surface area contributed by atoms with Gasteiger partial charge in [0.05, 0.1) is 41.9 Å². The number of carbonyl (C=O) groups is 2. The number of amides is 1. The summed E-state index contributed by atoms with van der Waals surface area (Å²) in [6, 6.07) is 18.4. The Morgan fingerprint density at radius 3 is 2.58 bits per heavy atom. The molecular weight excluding hydrogens is 506 g/mol. The van der Waals surface area contributed by atoms with Gasteiger partial charge in [0.25, 0.3) is 0 Å². The molecule has 4 aromatic rings. The Morgan fingerprint density at radius 1 is 1.00 bits per heavy atom. The number of methoxy groups -OCH3 is 1. The van der Waals surface area contributed by atoms with E-state index < -0.39 is 5.97 Å². The number of aromatic hydroxyl groups is 1. The van der Waals surface area contributed by atoms with Crippen LogP contribution in [-0.2, 0) is 16.0 Å². The fourth-order valence-electron chi connectivity index (χ4n) is 5.61. The van der Waals surface area contributed by atoms with Crippen molar-refractivity contribution in [2.45, 2.75) is 25.7 Å². The zero-order valence-electron chi connectivity index (χ0n) is 22.4. The second kappa shape index (κ2) is 10.9. The highest BCUT2D eigenvalue weighted by Gasteiger charge is 2.28. The molecule has 9 nitrogen and oxygen atoms in total. The number of carbonyl (C=O) groups excluding carboxylic acids is 2. The number of pyridine rings is 1. The molecule has 1 fully saturated rings. The van der Waals surface area contributed by atoms with E-state index in [-0.39, 0.29) is 11.8 Å². The summed E-state index contributed by atoms with van der Waals surface area (Å²) in [5.41, 5.74) is 4.50. The lowest BCUT2D eigenvalue weighted by Gasteiger charge is -2.28. The van der Waals surface area contributed by atoms with Gasteiger partial charge in [-0.25, -0.2) is 14.8 Å². The van der Waals surface area contributed by atoms with Crippen molar-refractivity contribution in [2.75, 3.05) is 38.2 Å². The van der Waals surface area contributed by atoms with Crippen LogP contribution in [-0.4, -0.2) is 70.9 Å². The van der Waals surface area contributed by atoms with Crippen LogP contribution in [0.3, 0.4) is 0 Å². The SMILES string of the molecule is COC(=O)c1ccc2c(C(=Nc3ccc4c(n3)CCN4C(=O)CN3CCCCC3)c3ccccc3)c(O)[nH]c2c1. The molecule has 0 saturated carbocycles. The van der Waals surface area contributed by atoms with E-state index in [0.717, 1.165) is 42.9 Å². The first-order valence-corrected chi connectivity index (χ1v) is 13.6. The monoisotopic (exact) mass is 537 g/mol. The molecule has 1 saturated heterocycles. The fourth-order valence-corrected chi connectivity index (χ4v) is 5.61. The van der Waals surface area contributed by atoms with Gasteiger partial charge in [0.15, 0.2) is 11.7 Å². The molecule has 4 heterocycles. The van der Waals surface area contributed by atoms with Crippen LogP contribution in [0, 0.1) is 0 Å². The molecule has 9 heteroatoms. The number of aromatic nitrogens is 2. The quantitative estimate of drug-likeness (QED) is 0.275. The third kappa shape index (κ3) is 4.96. The summed E-state index contributed by atoms with van der Waals surface area (Å²) < 4.78 is 4.84. The molecule has 0 unspecified atom stereocenters. The first kappa shape index (κ1) is 25.8. The van der Waals surface area contributed by atoms with Crippen LogP contribution in [0.2, 0.25) is 0 Å². The Bertz CT molecular complexity index is 1610. The number of nitrogens with zero attached hydrogens (tertiary/aromatic N) is 4. The average Bonchev–Trinajstić information content (AvgIpc) is 3.56. The molecule has 204 valence electrons. The number of piperidine rings is 1. The van der Waals surface area contributed by atoms with Crippen molar-refractivity contribution < 1.29 is 19.4 Å². The van der Waals surface area contributed by atoms with Gasteiger partial charge in [0, 0.05) is 29.4 Å². The minimum atomic E-state index is -0.458. The standard InChI is InChI=1S/C31H31N5O4/c1-40-31(39)21-10-11-22-24(18-21)33-30(38)28(22)29(20-8-4-2-5-9-20)34-26-13-12-25-23(32-26)14-17-36(25)27(37)19-35-15-6-3-7-16-35/h2,4-5,8-13,18,33,38H,3,6-7,14-17,19H2,1H3. The van der Waals surface area contributed by atoms with Gasteiger partial charge in [-0.2, -0.15) is 0 Å². The van der Waals surface area contributed by atoms with Crippen molar-refractivity contribution in [3.8, 4) is 5.88 Å². The lowest BCUT2D eigenvalue weighted by atomic mass is 10.00. The lowest BCUT2D eigenvalue weighted by Crippen LogP contribution is -2.41. The van der Waals surface area contributed by atoms with E-state index in [0.29, 0.717) is 53.1 Å². The summed E-state index contributed by atoms with van der Waals surface area (Å²) in [5.74, 6) is 0.0807. The first-order chi connectivity index (χ1) is 19.5. The Hall–Kier alpha value is -4.50. The third-order valence-corrected chi connectivity index (χ3v) is 7.62. The summed E-state index contributed by atoms with van der Waals surface area (Å²) in [6.07, 6.45) is 4.20. The van der Waals surface area contributed by atoms with Crippen molar-refractivity contribution in [3.63, 3.8) is 0 Å². The second-order valence-corrected chi connectivity index (χ2v) is 10.2. The minimum Gasteiger partial charge on any atom is -0.494 e. The number of benzene rings is 2. The van der Waals surface area contributed by atoms with Gasteiger partial charge in [-0.3, -0.25) is 9.69 Å². The number of aromatic amines is 1.